The van der Waals surface area contributed by atoms with Gasteiger partial charge in [-0.15, -0.1) is 0 Å². The molecule has 0 aliphatic rings. The maximum Gasteiger partial charge on any atom is 0.244 e. The van der Waals surface area contributed by atoms with Gasteiger partial charge in [-0.2, -0.15) is 0 Å². The van der Waals surface area contributed by atoms with Crippen molar-refractivity contribution in [3.63, 3.8) is 0 Å². The highest BCUT2D eigenvalue weighted by Crippen LogP contribution is 2.19. The van der Waals surface area contributed by atoms with Crippen LogP contribution in [0.5, 0.6) is 0 Å². The highest BCUT2D eigenvalue weighted by molar-refractivity contribution is 5.91. The van der Waals surface area contributed by atoms with Crippen molar-refractivity contribution in [2.75, 3.05) is 0 Å². The van der Waals surface area contributed by atoms with Gasteiger partial charge in [0.1, 0.15) is 5.82 Å². The number of hydrogen-bond acceptors (Lipinski definition) is 2. The SMILES string of the molecule is Cc1ccc(Cn2c(CNC(=O)/C=C/c3ccc(C(C)C)cc3)nc3ccccc32)cc1. The average Bonchev–Trinajstić information content (AvgIpc) is 3.15. The molecule has 0 aliphatic carbocycles. The van der Waals surface area contributed by atoms with Crippen molar-refractivity contribution in [2.24, 2.45) is 0 Å². The van der Waals surface area contributed by atoms with Crippen molar-refractivity contribution >= 4 is 23.0 Å². The number of benzene rings is 3. The molecule has 4 aromatic rings. The van der Waals surface area contributed by atoms with Crippen molar-refractivity contribution in [3.05, 3.63) is 107 Å². The van der Waals surface area contributed by atoms with E-state index < -0.39 is 0 Å². The summed E-state index contributed by atoms with van der Waals surface area (Å²) in [6, 6.07) is 24.9. The number of aryl methyl sites for hydroxylation is 1. The van der Waals surface area contributed by atoms with Crippen molar-refractivity contribution in [3.8, 4) is 0 Å². The first kappa shape index (κ1) is 21.6. The lowest BCUT2D eigenvalue weighted by molar-refractivity contribution is -0.116. The number of carbonyl (C=O) groups excluding carboxylic acids is 1. The van der Waals surface area contributed by atoms with Gasteiger partial charge in [-0.05, 0) is 47.7 Å². The van der Waals surface area contributed by atoms with E-state index in [1.54, 1.807) is 6.08 Å². The molecule has 0 radical (unpaired) electrons. The minimum absolute atomic E-state index is 0.133. The first-order valence-electron chi connectivity index (χ1n) is 11.0. The first-order chi connectivity index (χ1) is 15.5. The van der Waals surface area contributed by atoms with E-state index in [1.807, 2.05) is 36.4 Å². The van der Waals surface area contributed by atoms with Gasteiger partial charge in [-0.1, -0.05) is 80.1 Å². The summed E-state index contributed by atoms with van der Waals surface area (Å²) in [5.74, 6) is 1.21. The van der Waals surface area contributed by atoms with Crippen LogP contribution in [0, 0.1) is 6.92 Å². The number of imidazole rings is 1. The van der Waals surface area contributed by atoms with E-state index in [0.717, 1.165) is 22.4 Å². The summed E-state index contributed by atoms with van der Waals surface area (Å²) in [6.45, 7) is 7.51. The second-order valence-electron chi connectivity index (χ2n) is 8.46. The summed E-state index contributed by atoms with van der Waals surface area (Å²) in [6.07, 6.45) is 3.42. The normalized spacial score (nSPS) is 11.5. The lowest BCUT2D eigenvalue weighted by Crippen LogP contribution is -2.23. The van der Waals surface area contributed by atoms with Crippen LogP contribution in [0.15, 0.2) is 78.9 Å². The highest BCUT2D eigenvalue weighted by Gasteiger charge is 2.11. The predicted octanol–water partition coefficient (Wildman–Crippen LogP) is 5.85. The number of fused-ring (bicyclic) bond motifs is 1. The van der Waals surface area contributed by atoms with Crippen LogP contribution < -0.4 is 5.32 Å². The largest absolute Gasteiger partial charge is 0.345 e. The van der Waals surface area contributed by atoms with Gasteiger partial charge >= 0.3 is 0 Å². The summed E-state index contributed by atoms with van der Waals surface area (Å²) < 4.78 is 2.18. The zero-order chi connectivity index (χ0) is 22.5. The van der Waals surface area contributed by atoms with Gasteiger partial charge in [-0.25, -0.2) is 4.98 Å². The number of rotatable bonds is 7. The van der Waals surface area contributed by atoms with Crippen LogP contribution in [0.2, 0.25) is 0 Å². The van der Waals surface area contributed by atoms with Gasteiger partial charge in [0.15, 0.2) is 0 Å². The molecule has 3 aromatic carbocycles. The third-order valence-electron chi connectivity index (χ3n) is 5.65. The lowest BCUT2D eigenvalue weighted by Gasteiger charge is -2.10. The molecule has 162 valence electrons. The fourth-order valence-corrected chi connectivity index (χ4v) is 3.70. The molecule has 4 heteroatoms. The minimum atomic E-state index is -0.133. The summed E-state index contributed by atoms with van der Waals surface area (Å²) in [7, 11) is 0. The molecule has 0 spiro atoms. The first-order valence-corrected chi connectivity index (χ1v) is 11.0. The molecule has 1 amide bonds. The predicted molar refractivity (Wildman–Crippen MR) is 131 cm³/mol. The maximum atomic E-state index is 12.5. The van der Waals surface area contributed by atoms with Gasteiger partial charge in [-0.3, -0.25) is 4.79 Å². The van der Waals surface area contributed by atoms with Gasteiger partial charge in [0.05, 0.1) is 17.6 Å². The molecule has 0 bridgehead atoms. The Hall–Kier alpha value is -3.66. The van der Waals surface area contributed by atoms with E-state index in [2.05, 4.69) is 73.1 Å². The van der Waals surface area contributed by atoms with E-state index >= 15 is 0 Å². The molecule has 0 unspecified atom stereocenters. The van der Waals surface area contributed by atoms with Crippen molar-refractivity contribution in [1.82, 2.24) is 14.9 Å². The van der Waals surface area contributed by atoms with E-state index in [1.165, 1.54) is 16.7 Å². The fourth-order valence-electron chi connectivity index (χ4n) is 3.70. The second-order valence-corrected chi connectivity index (χ2v) is 8.46. The highest BCUT2D eigenvalue weighted by atomic mass is 16.1. The molecule has 1 aromatic heterocycles. The van der Waals surface area contributed by atoms with Gasteiger partial charge < -0.3 is 9.88 Å². The number of para-hydroxylation sites is 2. The zero-order valence-electron chi connectivity index (χ0n) is 18.9. The summed E-state index contributed by atoms with van der Waals surface area (Å²) >= 11 is 0. The number of carbonyl (C=O) groups is 1. The third kappa shape index (κ3) is 5.14. The van der Waals surface area contributed by atoms with Crippen LogP contribution in [0.3, 0.4) is 0 Å². The Balaban J connectivity index is 1.47. The Labute approximate surface area is 189 Å². The Morgan fingerprint density at radius 1 is 1.00 bits per heavy atom. The molecular formula is C28H29N3O. The smallest absolute Gasteiger partial charge is 0.244 e. The van der Waals surface area contributed by atoms with Gasteiger partial charge in [0.2, 0.25) is 5.91 Å². The van der Waals surface area contributed by atoms with Crippen molar-refractivity contribution < 1.29 is 4.79 Å². The van der Waals surface area contributed by atoms with E-state index in [0.29, 0.717) is 19.0 Å². The fraction of sp³-hybridized carbons (Fsp3) is 0.214. The van der Waals surface area contributed by atoms with Crippen molar-refractivity contribution in [2.45, 2.75) is 39.8 Å². The molecule has 0 aliphatic heterocycles. The molecule has 4 rings (SSSR count). The standard InChI is InChI=1S/C28H29N3O/c1-20(2)24-15-12-22(13-16-24)14-17-28(32)29-18-27-30-25-6-4-5-7-26(25)31(27)19-23-10-8-21(3)9-11-23/h4-17,20H,18-19H2,1-3H3,(H,29,32)/b17-14+. The molecule has 32 heavy (non-hydrogen) atoms. The number of amides is 1. The molecule has 0 fully saturated rings. The molecule has 4 nitrogen and oxygen atoms in total. The molecule has 0 saturated carbocycles. The van der Waals surface area contributed by atoms with Crippen LogP contribution >= 0.6 is 0 Å². The van der Waals surface area contributed by atoms with Crippen LogP contribution in [-0.4, -0.2) is 15.5 Å². The van der Waals surface area contributed by atoms with E-state index in [-0.39, 0.29) is 5.91 Å². The molecule has 0 atom stereocenters. The quantitative estimate of drug-likeness (QED) is 0.379. The number of aromatic nitrogens is 2. The summed E-state index contributed by atoms with van der Waals surface area (Å²) in [5.41, 5.74) is 6.75. The molecule has 1 N–H and O–H groups in total. The Bertz CT molecular complexity index is 1230. The van der Waals surface area contributed by atoms with Crippen molar-refractivity contribution in [1.29, 1.82) is 0 Å². The van der Waals surface area contributed by atoms with Crippen LogP contribution in [0.25, 0.3) is 17.1 Å². The van der Waals surface area contributed by atoms with E-state index in [9.17, 15) is 4.79 Å². The topological polar surface area (TPSA) is 46.9 Å². The maximum absolute atomic E-state index is 12.5. The summed E-state index contributed by atoms with van der Waals surface area (Å²) in [5, 5.41) is 2.99. The summed E-state index contributed by atoms with van der Waals surface area (Å²) in [4.78, 5) is 17.2. The van der Waals surface area contributed by atoms with E-state index in [4.69, 9.17) is 4.98 Å². The Morgan fingerprint density at radius 2 is 1.72 bits per heavy atom. The molecule has 0 saturated heterocycles. The third-order valence-corrected chi connectivity index (χ3v) is 5.65. The molecular weight excluding hydrogens is 394 g/mol. The molecule has 1 heterocycles. The van der Waals surface area contributed by atoms with Crippen LogP contribution in [0.1, 0.15) is 47.8 Å². The lowest BCUT2D eigenvalue weighted by atomic mass is 10.0. The Morgan fingerprint density at radius 3 is 2.44 bits per heavy atom. The van der Waals surface area contributed by atoms with Gasteiger partial charge in [0, 0.05) is 12.6 Å². The number of nitrogens with one attached hydrogen (secondary N) is 1. The monoisotopic (exact) mass is 423 g/mol. The second kappa shape index (κ2) is 9.65. The zero-order valence-corrected chi connectivity index (χ0v) is 18.9. The average molecular weight is 424 g/mol. The van der Waals surface area contributed by atoms with Crippen LogP contribution in [0.4, 0.5) is 0 Å². The van der Waals surface area contributed by atoms with Crippen LogP contribution in [-0.2, 0) is 17.9 Å². The number of hydrogen-bond donors (Lipinski definition) is 1. The Kier molecular flexibility index (Phi) is 6.50. The van der Waals surface area contributed by atoms with Gasteiger partial charge in [0.25, 0.3) is 0 Å². The number of nitrogens with zero attached hydrogens (tertiary/aromatic N) is 2. The minimum Gasteiger partial charge on any atom is -0.345 e.